The summed E-state index contributed by atoms with van der Waals surface area (Å²) in [6, 6.07) is 5.44. The molecule has 2 rings (SSSR count). The highest BCUT2D eigenvalue weighted by atomic mass is 16.6. The predicted octanol–water partition coefficient (Wildman–Crippen LogP) is 1.79. The van der Waals surface area contributed by atoms with Gasteiger partial charge in [-0.05, 0) is 25.1 Å². The monoisotopic (exact) mass is 264 g/mol. The summed E-state index contributed by atoms with van der Waals surface area (Å²) in [6.07, 6.45) is 1.54. The maximum atomic E-state index is 11.7. The van der Waals surface area contributed by atoms with Crippen LogP contribution in [0.2, 0.25) is 0 Å². The van der Waals surface area contributed by atoms with Crippen LogP contribution in [0, 0.1) is 0 Å². The first kappa shape index (κ1) is 13.7. The Labute approximate surface area is 113 Å². The van der Waals surface area contributed by atoms with Crippen LogP contribution >= 0.6 is 0 Å². The molecule has 1 heterocycles. The van der Waals surface area contributed by atoms with E-state index in [1.165, 1.54) is 0 Å². The van der Waals surface area contributed by atoms with Crippen LogP contribution in [0.5, 0.6) is 11.5 Å². The zero-order chi connectivity index (χ0) is 13.5. The summed E-state index contributed by atoms with van der Waals surface area (Å²) < 4.78 is 10.9. The van der Waals surface area contributed by atoms with Crippen LogP contribution < -0.4 is 20.1 Å². The fourth-order valence-corrected chi connectivity index (χ4v) is 1.85. The number of benzene rings is 1. The molecule has 0 aliphatic carbocycles. The smallest absolute Gasteiger partial charge is 0.225 e. The van der Waals surface area contributed by atoms with Gasteiger partial charge < -0.3 is 20.1 Å². The maximum Gasteiger partial charge on any atom is 0.225 e. The quantitative estimate of drug-likeness (QED) is 0.769. The van der Waals surface area contributed by atoms with Crippen LogP contribution in [0.3, 0.4) is 0 Å². The van der Waals surface area contributed by atoms with Crippen LogP contribution in [0.25, 0.3) is 0 Å². The highest BCUT2D eigenvalue weighted by molar-refractivity contribution is 5.91. The second kappa shape index (κ2) is 6.99. The number of fused-ring (bicyclic) bond motifs is 1. The lowest BCUT2D eigenvalue weighted by Crippen LogP contribution is -2.22. The molecule has 19 heavy (non-hydrogen) atoms. The topological polar surface area (TPSA) is 59.6 Å². The number of hydrogen-bond donors (Lipinski definition) is 2. The minimum Gasteiger partial charge on any atom is -0.486 e. The van der Waals surface area contributed by atoms with E-state index in [-0.39, 0.29) is 5.91 Å². The Bertz CT molecular complexity index is 435. The molecule has 0 aromatic heterocycles. The standard InChI is InChI=1S/C14H20N2O3/c1-2-6-15-7-5-14(17)16-11-3-4-12-13(10-11)19-9-8-18-12/h3-4,10,15H,2,5-9H2,1H3,(H,16,17). The van der Waals surface area contributed by atoms with Crippen molar-refractivity contribution in [3.63, 3.8) is 0 Å². The Hall–Kier alpha value is -1.75. The summed E-state index contributed by atoms with van der Waals surface area (Å²) in [6.45, 7) is 4.86. The Morgan fingerprint density at radius 1 is 1.21 bits per heavy atom. The van der Waals surface area contributed by atoms with E-state index in [4.69, 9.17) is 9.47 Å². The van der Waals surface area contributed by atoms with Gasteiger partial charge >= 0.3 is 0 Å². The molecule has 0 spiro atoms. The molecule has 0 saturated heterocycles. The van der Waals surface area contributed by atoms with Gasteiger partial charge in [-0.2, -0.15) is 0 Å². The molecule has 0 bridgehead atoms. The summed E-state index contributed by atoms with van der Waals surface area (Å²) in [5.41, 5.74) is 0.741. The summed E-state index contributed by atoms with van der Waals surface area (Å²) in [4.78, 5) is 11.7. The lowest BCUT2D eigenvalue weighted by Gasteiger charge is -2.19. The summed E-state index contributed by atoms with van der Waals surface area (Å²) in [7, 11) is 0. The van der Waals surface area contributed by atoms with Crippen molar-refractivity contribution in [3.8, 4) is 11.5 Å². The maximum absolute atomic E-state index is 11.7. The molecule has 1 aliphatic heterocycles. The van der Waals surface area contributed by atoms with Crippen molar-refractivity contribution < 1.29 is 14.3 Å². The molecule has 0 fully saturated rings. The van der Waals surface area contributed by atoms with Crippen molar-refractivity contribution in [1.29, 1.82) is 0 Å². The van der Waals surface area contributed by atoms with Gasteiger partial charge in [0.1, 0.15) is 13.2 Å². The number of rotatable bonds is 6. The molecule has 1 amide bonds. The molecule has 2 N–H and O–H groups in total. The number of amides is 1. The van der Waals surface area contributed by atoms with E-state index in [1.807, 2.05) is 12.1 Å². The van der Waals surface area contributed by atoms with Gasteiger partial charge in [0.15, 0.2) is 11.5 Å². The first-order chi connectivity index (χ1) is 9.29. The van der Waals surface area contributed by atoms with Crippen molar-refractivity contribution >= 4 is 11.6 Å². The van der Waals surface area contributed by atoms with Crippen molar-refractivity contribution in [2.45, 2.75) is 19.8 Å². The van der Waals surface area contributed by atoms with E-state index in [2.05, 4.69) is 17.6 Å². The average Bonchev–Trinajstić information content (AvgIpc) is 2.43. The Kier molecular flexibility index (Phi) is 5.03. The highest BCUT2D eigenvalue weighted by Gasteiger charge is 2.12. The van der Waals surface area contributed by atoms with Gasteiger partial charge in [-0.25, -0.2) is 0 Å². The Balaban J connectivity index is 1.83. The molecular weight excluding hydrogens is 244 g/mol. The lowest BCUT2D eigenvalue weighted by molar-refractivity contribution is -0.116. The van der Waals surface area contributed by atoms with E-state index in [0.717, 1.165) is 24.4 Å². The van der Waals surface area contributed by atoms with Gasteiger partial charge in [-0.3, -0.25) is 4.79 Å². The molecule has 0 atom stereocenters. The van der Waals surface area contributed by atoms with Crippen LogP contribution in [0.1, 0.15) is 19.8 Å². The number of hydrogen-bond acceptors (Lipinski definition) is 4. The van der Waals surface area contributed by atoms with Crippen molar-refractivity contribution in [2.75, 3.05) is 31.6 Å². The summed E-state index contributed by atoms with van der Waals surface area (Å²) >= 11 is 0. The Morgan fingerprint density at radius 2 is 2.00 bits per heavy atom. The minimum absolute atomic E-state index is 0.000260. The normalized spacial score (nSPS) is 13.1. The summed E-state index contributed by atoms with van der Waals surface area (Å²) in [5, 5.41) is 6.05. The zero-order valence-corrected chi connectivity index (χ0v) is 11.2. The first-order valence-electron chi connectivity index (χ1n) is 6.70. The van der Waals surface area contributed by atoms with Crippen LogP contribution in [-0.2, 0) is 4.79 Å². The number of nitrogens with one attached hydrogen (secondary N) is 2. The largest absolute Gasteiger partial charge is 0.486 e. The van der Waals surface area contributed by atoms with Gasteiger partial charge in [0.2, 0.25) is 5.91 Å². The van der Waals surface area contributed by atoms with E-state index < -0.39 is 0 Å². The van der Waals surface area contributed by atoms with Crippen LogP contribution in [0.4, 0.5) is 5.69 Å². The number of ether oxygens (including phenoxy) is 2. The van der Waals surface area contributed by atoms with Crippen LogP contribution in [0.15, 0.2) is 18.2 Å². The number of anilines is 1. The van der Waals surface area contributed by atoms with Gasteiger partial charge in [-0.15, -0.1) is 0 Å². The van der Waals surface area contributed by atoms with Gasteiger partial charge in [-0.1, -0.05) is 6.92 Å². The zero-order valence-electron chi connectivity index (χ0n) is 11.2. The van der Waals surface area contributed by atoms with Gasteiger partial charge in [0.05, 0.1) is 0 Å². The third kappa shape index (κ3) is 4.13. The molecule has 5 heteroatoms. The molecule has 0 saturated carbocycles. The van der Waals surface area contributed by atoms with Crippen molar-refractivity contribution in [2.24, 2.45) is 0 Å². The third-order valence-corrected chi connectivity index (χ3v) is 2.78. The molecule has 0 unspecified atom stereocenters. The SMILES string of the molecule is CCCNCCC(=O)Nc1ccc2c(c1)OCCO2. The van der Waals surface area contributed by atoms with Crippen LogP contribution in [-0.4, -0.2) is 32.2 Å². The van der Waals surface area contributed by atoms with Crippen molar-refractivity contribution in [1.82, 2.24) is 5.32 Å². The van der Waals surface area contributed by atoms with E-state index in [0.29, 0.717) is 31.9 Å². The predicted molar refractivity (Wildman–Crippen MR) is 73.8 cm³/mol. The second-order valence-electron chi connectivity index (χ2n) is 4.41. The first-order valence-corrected chi connectivity index (χ1v) is 6.70. The van der Waals surface area contributed by atoms with E-state index in [1.54, 1.807) is 6.07 Å². The molecule has 1 aromatic rings. The van der Waals surface area contributed by atoms with Crippen molar-refractivity contribution in [3.05, 3.63) is 18.2 Å². The van der Waals surface area contributed by atoms with Gasteiger partial charge in [0, 0.05) is 24.7 Å². The fraction of sp³-hybridized carbons (Fsp3) is 0.500. The summed E-state index contributed by atoms with van der Waals surface area (Å²) in [5.74, 6) is 1.42. The Morgan fingerprint density at radius 3 is 2.79 bits per heavy atom. The minimum atomic E-state index is 0.000260. The molecular formula is C14H20N2O3. The lowest BCUT2D eigenvalue weighted by atomic mass is 10.2. The molecule has 1 aliphatic rings. The molecule has 1 aromatic carbocycles. The average molecular weight is 264 g/mol. The fourth-order valence-electron chi connectivity index (χ4n) is 1.85. The molecule has 0 radical (unpaired) electrons. The number of carbonyl (C=O) groups is 1. The third-order valence-electron chi connectivity index (χ3n) is 2.78. The highest BCUT2D eigenvalue weighted by Crippen LogP contribution is 2.32. The molecule has 104 valence electrons. The second-order valence-corrected chi connectivity index (χ2v) is 4.41. The van der Waals surface area contributed by atoms with Gasteiger partial charge in [0.25, 0.3) is 0 Å². The van der Waals surface area contributed by atoms with E-state index >= 15 is 0 Å². The number of carbonyl (C=O) groups excluding carboxylic acids is 1. The van der Waals surface area contributed by atoms with E-state index in [9.17, 15) is 4.79 Å². The molecule has 5 nitrogen and oxygen atoms in total.